The van der Waals surface area contributed by atoms with Gasteiger partial charge in [0.1, 0.15) is 0 Å². The molecule has 0 bridgehead atoms. The van der Waals surface area contributed by atoms with Gasteiger partial charge in [-0.05, 0) is 68.1 Å². The van der Waals surface area contributed by atoms with Gasteiger partial charge >= 0.3 is 0 Å². The average Bonchev–Trinajstić information content (AvgIpc) is 3.18. The summed E-state index contributed by atoms with van der Waals surface area (Å²) in [6.07, 6.45) is 8.90. The fourth-order valence-corrected chi connectivity index (χ4v) is 5.75. The lowest BCUT2D eigenvalue weighted by Gasteiger charge is -2.30. The Morgan fingerprint density at radius 3 is 2.27 bits per heavy atom. The van der Waals surface area contributed by atoms with Gasteiger partial charge in [-0.25, -0.2) is 0 Å². The Kier molecular flexibility index (Phi) is 12.7. The van der Waals surface area contributed by atoms with Crippen molar-refractivity contribution in [2.24, 2.45) is 0 Å². The molecular formula is C35H48N4O2. The summed E-state index contributed by atoms with van der Waals surface area (Å²) in [7, 11) is 0. The molecule has 3 aromatic carbocycles. The summed E-state index contributed by atoms with van der Waals surface area (Å²) in [5.74, 6) is 0.180. The van der Waals surface area contributed by atoms with Gasteiger partial charge in [0, 0.05) is 37.8 Å². The van der Waals surface area contributed by atoms with Crippen molar-refractivity contribution in [2.45, 2.75) is 70.4 Å². The Morgan fingerprint density at radius 2 is 1.56 bits per heavy atom. The second kappa shape index (κ2) is 16.9. The predicted molar refractivity (Wildman–Crippen MR) is 169 cm³/mol. The molecule has 6 heteroatoms. The van der Waals surface area contributed by atoms with E-state index in [1.54, 1.807) is 0 Å². The lowest BCUT2D eigenvalue weighted by atomic mass is 10.1. The third kappa shape index (κ3) is 9.98. The molecule has 2 fully saturated rings. The molecular weight excluding hydrogens is 508 g/mol. The van der Waals surface area contributed by atoms with Gasteiger partial charge in [-0.2, -0.15) is 0 Å². The van der Waals surface area contributed by atoms with Crippen LogP contribution in [0.25, 0.3) is 10.8 Å². The van der Waals surface area contributed by atoms with Gasteiger partial charge < -0.3 is 20.4 Å². The fourth-order valence-electron chi connectivity index (χ4n) is 5.75. The average molecular weight is 557 g/mol. The Morgan fingerprint density at radius 1 is 0.854 bits per heavy atom. The number of nitrogens with one attached hydrogen (secondary N) is 2. The molecule has 6 nitrogen and oxygen atoms in total. The van der Waals surface area contributed by atoms with E-state index in [1.807, 2.05) is 72.8 Å². The normalized spacial score (nSPS) is 19.7. The molecule has 41 heavy (non-hydrogen) atoms. The van der Waals surface area contributed by atoms with Crippen molar-refractivity contribution in [3.63, 3.8) is 0 Å². The molecule has 2 N–H and O–H groups in total. The Hall–Kier alpha value is -3.22. The van der Waals surface area contributed by atoms with Gasteiger partial charge in [0.25, 0.3) is 5.91 Å². The second-order valence-electron chi connectivity index (χ2n) is 11.4. The highest BCUT2D eigenvalue weighted by molar-refractivity contribution is 5.98. The van der Waals surface area contributed by atoms with Crippen LogP contribution in [-0.4, -0.2) is 73.0 Å². The van der Waals surface area contributed by atoms with E-state index < -0.39 is 0 Å². The van der Waals surface area contributed by atoms with Gasteiger partial charge in [-0.1, -0.05) is 92.9 Å². The van der Waals surface area contributed by atoms with Gasteiger partial charge in [-0.15, -0.1) is 0 Å². The molecule has 0 radical (unpaired) electrons. The summed E-state index contributed by atoms with van der Waals surface area (Å²) >= 11 is 0. The standard InChI is InChI=1S/C29H42N4O2.C6H6/c1-2-3-7-18-33-20-14-26(31-27(29(33)35)15-19-32-16-8-4-9-17-32)22-30-28(34)25-13-12-23-10-5-6-11-24(23)21-25;1-2-4-6-5-3-1/h5-6,10-13,21,26-27,31H,2-4,7-9,14-20,22H2,1H3,(H,30,34);1-6H. The first-order chi connectivity index (χ1) is 20.1. The van der Waals surface area contributed by atoms with Gasteiger partial charge in [0.05, 0.1) is 6.04 Å². The number of hydrogen-bond donors (Lipinski definition) is 2. The SMILES string of the molecule is CCCCCN1CCC(CNC(=O)c2ccc3ccccc3c2)NC(CCN2CCCCC2)C1=O.c1ccccc1. The van der Waals surface area contributed by atoms with Crippen LogP contribution in [0.5, 0.6) is 0 Å². The van der Waals surface area contributed by atoms with Crippen molar-refractivity contribution in [3.05, 3.63) is 84.4 Å². The molecule has 2 aliphatic heterocycles. The van der Waals surface area contributed by atoms with E-state index in [4.69, 9.17) is 0 Å². The number of nitrogens with zero attached hydrogens (tertiary/aromatic N) is 2. The number of carbonyl (C=O) groups excluding carboxylic acids is 2. The molecule has 2 amide bonds. The summed E-state index contributed by atoms with van der Waals surface area (Å²) in [5, 5.41) is 8.96. The van der Waals surface area contributed by atoms with E-state index in [9.17, 15) is 9.59 Å². The number of amides is 2. The van der Waals surface area contributed by atoms with Crippen LogP contribution in [0.2, 0.25) is 0 Å². The minimum Gasteiger partial charge on any atom is -0.350 e. The zero-order valence-electron chi connectivity index (χ0n) is 24.8. The Bertz CT molecular complexity index is 1170. The van der Waals surface area contributed by atoms with Crippen molar-refractivity contribution in [1.82, 2.24) is 20.4 Å². The highest BCUT2D eigenvalue weighted by Gasteiger charge is 2.31. The number of piperidine rings is 1. The van der Waals surface area contributed by atoms with E-state index in [0.29, 0.717) is 12.1 Å². The molecule has 2 saturated heterocycles. The van der Waals surface area contributed by atoms with Crippen molar-refractivity contribution in [2.75, 3.05) is 39.3 Å². The van der Waals surface area contributed by atoms with E-state index in [1.165, 1.54) is 19.3 Å². The molecule has 220 valence electrons. The number of rotatable bonds is 10. The number of carbonyl (C=O) groups is 2. The summed E-state index contributed by atoms with van der Waals surface area (Å²) in [6, 6.07) is 25.8. The molecule has 5 rings (SSSR count). The second-order valence-corrected chi connectivity index (χ2v) is 11.4. The van der Waals surface area contributed by atoms with Crippen LogP contribution in [0.4, 0.5) is 0 Å². The van der Waals surface area contributed by atoms with Gasteiger partial charge in [0.2, 0.25) is 5.91 Å². The first-order valence-corrected chi connectivity index (χ1v) is 15.7. The van der Waals surface area contributed by atoms with E-state index in [0.717, 1.165) is 75.6 Å². The number of unbranched alkanes of at least 4 members (excludes halogenated alkanes) is 2. The first kappa shape index (κ1) is 30.7. The highest BCUT2D eigenvalue weighted by atomic mass is 16.2. The quantitative estimate of drug-likeness (QED) is 0.306. The summed E-state index contributed by atoms with van der Waals surface area (Å²) in [6.45, 7) is 7.57. The number of likely N-dealkylation sites (tertiary alicyclic amines) is 1. The third-order valence-corrected chi connectivity index (χ3v) is 8.20. The summed E-state index contributed by atoms with van der Waals surface area (Å²) in [5.41, 5.74) is 0.677. The van der Waals surface area contributed by atoms with Crippen molar-refractivity contribution >= 4 is 22.6 Å². The monoisotopic (exact) mass is 556 g/mol. The van der Waals surface area contributed by atoms with E-state index in [2.05, 4.69) is 33.4 Å². The molecule has 2 unspecified atom stereocenters. The van der Waals surface area contributed by atoms with Crippen LogP contribution < -0.4 is 10.6 Å². The smallest absolute Gasteiger partial charge is 0.251 e. The van der Waals surface area contributed by atoms with Crippen LogP contribution in [-0.2, 0) is 4.79 Å². The summed E-state index contributed by atoms with van der Waals surface area (Å²) in [4.78, 5) is 30.9. The molecule has 0 aliphatic carbocycles. The maximum atomic E-state index is 13.4. The zero-order chi connectivity index (χ0) is 28.7. The van der Waals surface area contributed by atoms with Crippen molar-refractivity contribution in [3.8, 4) is 0 Å². The van der Waals surface area contributed by atoms with Crippen LogP contribution in [0, 0.1) is 0 Å². The minimum atomic E-state index is -0.177. The molecule has 2 heterocycles. The van der Waals surface area contributed by atoms with Crippen LogP contribution >= 0.6 is 0 Å². The number of fused-ring (bicyclic) bond motifs is 1. The van der Waals surface area contributed by atoms with Crippen LogP contribution in [0.1, 0.15) is 68.6 Å². The minimum absolute atomic E-state index is 0.0576. The molecule has 0 spiro atoms. The molecule has 3 aromatic rings. The topological polar surface area (TPSA) is 64.7 Å². The number of hydrogen-bond acceptors (Lipinski definition) is 4. The third-order valence-electron chi connectivity index (χ3n) is 8.20. The Labute approximate surface area is 246 Å². The Balaban J connectivity index is 0.000000572. The van der Waals surface area contributed by atoms with Crippen molar-refractivity contribution in [1.29, 1.82) is 0 Å². The first-order valence-electron chi connectivity index (χ1n) is 15.7. The van der Waals surface area contributed by atoms with Crippen LogP contribution in [0.15, 0.2) is 78.9 Å². The molecule has 0 aromatic heterocycles. The summed E-state index contributed by atoms with van der Waals surface area (Å²) < 4.78 is 0. The van der Waals surface area contributed by atoms with Crippen molar-refractivity contribution < 1.29 is 9.59 Å². The highest BCUT2D eigenvalue weighted by Crippen LogP contribution is 2.17. The molecule has 0 saturated carbocycles. The van der Waals surface area contributed by atoms with E-state index in [-0.39, 0.29) is 23.9 Å². The molecule has 2 atom stereocenters. The fraction of sp³-hybridized carbons (Fsp3) is 0.486. The molecule has 2 aliphatic rings. The maximum absolute atomic E-state index is 13.4. The maximum Gasteiger partial charge on any atom is 0.251 e. The lowest BCUT2D eigenvalue weighted by molar-refractivity contribution is -0.133. The van der Waals surface area contributed by atoms with Gasteiger partial charge in [0.15, 0.2) is 0 Å². The largest absolute Gasteiger partial charge is 0.350 e. The van der Waals surface area contributed by atoms with E-state index >= 15 is 0 Å². The van der Waals surface area contributed by atoms with Crippen LogP contribution in [0.3, 0.4) is 0 Å². The lowest BCUT2D eigenvalue weighted by Crippen LogP contribution is -2.50. The number of benzene rings is 3. The zero-order valence-corrected chi connectivity index (χ0v) is 24.8. The predicted octanol–water partition coefficient (Wildman–Crippen LogP) is 5.88. The van der Waals surface area contributed by atoms with Gasteiger partial charge in [-0.3, -0.25) is 9.59 Å².